The molecule has 3 aromatic carbocycles. The molecule has 0 saturated carbocycles. The van der Waals surface area contributed by atoms with E-state index in [-0.39, 0.29) is 17.0 Å². The van der Waals surface area contributed by atoms with Gasteiger partial charge in [-0.3, -0.25) is 19.7 Å². The van der Waals surface area contributed by atoms with Crippen molar-refractivity contribution in [1.29, 1.82) is 0 Å². The predicted molar refractivity (Wildman–Crippen MR) is 129 cm³/mol. The van der Waals surface area contributed by atoms with Crippen LogP contribution in [0.2, 0.25) is 0 Å². The molecule has 0 aliphatic carbocycles. The van der Waals surface area contributed by atoms with Crippen LogP contribution in [-0.4, -0.2) is 28.4 Å². The Hall–Kier alpha value is -4.86. The van der Waals surface area contributed by atoms with Gasteiger partial charge in [-0.2, -0.15) is 5.10 Å². The fourth-order valence-electron chi connectivity index (χ4n) is 3.22. The number of rotatable bonds is 6. The second kappa shape index (κ2) is 10.8. The van der Waals surface area contributed by atoms with Gasteiger partial charge >= 0.3 is 17.8 Å². The van der Waals surface area contributed by atoms with Gasteiger partial charge in [-0.1, -0.05) is 18.2 Å². The van der Waals surface area contributed by atoms with Crippen LogP contribution in [0.1, 0.15) is 34.0 Å². The molecule has 0 bridgehead atoms. The van der Waals surface area contributed by atoms with Gasteiger partial charge in [0.1, 0.15) is 11.3 Å². The Bertz CT molecular complexity index is 1310. The first-order valence-corrected chi connectivity index (χ1v) is 10.4. The number of aryl methyl sites for hydroxylation is 2. The summed E-state index contributed by atoms with van der Waals surface area (Å²) in [4.78, 5) is 47.0. The van der Waals surface area contributed by atoms with E-state index in [4.69, 9.17) is 4.74 Å². The molecule has 2 N–H and O–H groups in total. The number of anilines is 1. The molecule has 0 aliphatic heterocycles. The van der Waals surface area contributed by atoms with Crippen molar-refractivity contribution in [3.8, 4) is 5.75 Å². The highest BCUT2D eigenvalue weighted by atomic mass is 16.6. The molecule has 0 fully saturated rings. The lowest BCUT2D eigenvalue weighted by Crippen LogP contribution is -2.33. The SMILES string of the molecule is C/C(=N\NC(=O)C(=O)Nc1cc(C)cc(C)c1)c1ccc(OC(=O)c2ccccc2[N+](=O)[O-])cc1. The lowest BCUT2D eigenvalue weighted by molar-refractivity contribution is -0.385. The van der Waals surface area contributed by atoms with Gasteiger partial charge in [-0.05, 0) is 79.9 Å². The van der Waals surface area contributed by atoms with Crippen LogP contribution in [0, 0.1) is 24.0 Å². The van der Waals surface area contributed by atoms with Gasteiger partial charge in [0.2, 0.25) is 0 Å². The number of esters is 1. The van der Waals surface area contributed by atoms with Crippen LogP contribution in [0.25, 0.3) is 0 Å². The van der Waals surface area contributed by atoms with Crippen LogP contribution in [0.15, 0.2) is 71.8 Å². The summed E-state index contributed by atoms with van der Waals surface area (Å²) in [5.74, 6) is -2.48. The van der Waals surface area contributed by atoms with E-state index >= 15 is 0 Å². The van der Waals surface area contributed by atoms with Crippen molar-refractivity contribution in [2.24, 2.45) is 5.10 Å². The Morgan fingerprint density at radius 2 is 1.54 bits per heavy atom. The van der Waals surface area contributed by atoms with Gasteiger partial charge in [-0.15, -0.1) is 0 Å². The maximum atomic E-state index is 12.3. The summed E-state index contributed by atoms with van der Waals surface area (Å²) in [5.41, 5.74) is 5.08. The van der Waals surface area contributed by atoms with Crippen molar-refractivity contribution in [1.82, 2.24) is 5.43 Å². The minimum absolute atomic E-state index is 0.166. The molecule has 10 heteroatoms. The molecule has 3 aromatic rings. The van der Waals surface area contributed by atoms with E-state index in [1.807, 2.05) is 19.9 Å². The number of carbonyl (C=O) groups is 3. The second-order valence-corrected chi connectivity index (χ2v) is 7.66. The third-order valence-corrected chi connectivity index (χ3v) is 4.81. The van der Waals surface area contributed by atoms with Crippen LogP contribution in [0.4, 0.5) is 11.4 Å². The standard InChI is InChI=1S/C25H22N4O6/c1-15-12-16(2)14-19(13-15)26-23(30)24(31)28-27-17(3)18-8-10-20(11-9-18)35-25(32)21-6-4-5-7-22(21)29(33)34/h4-14H,1-3H3,(H,26,30)(H,28,31)/b27-17+. The average molecular weight is 474 g/mol. The van der Waals surface area contributed by atoms with Crippen LogP contribution in [0.3, 0.4) is 0 Å². The number of nitrogens with zero attached hydrogens (tertiary/aromatic N) is 2. The molecular formula is C25H22N4O6. The number of carbonyl (C=O) groups excluding carboxylic acids is 3. The molecule has 0 atom stereocenters. The smallest absolute Gasteiger partial charge is 0.350 e. The summed E-state index contributed by atoms with van der Waals surface area (Å²) in [6.07, 6.45) is 0. The zero-order chi connectivity index (χ0) is 25.5. The van der Waals surface area contributed by atoms with E-state index in [2.05, 4.69) is 15.8 Å². The lowest BCUT2D eigenvalue weighted by atomic mass is 10.1. The van der Waals surface area contributed by atoms with Gasteiger partial charge in [0.25, 0.3) is 5.69 Å². The molecule has 0 heterocycles. The monoisotopic (exact) mass is 474 g/mol. The molecule has 178 valence electrons. The number of nitro groups is 1. The minimum atomic E-state index is -0.932. The van der Waals surface area contributed by atoms with Gasteiger partial charge in [0.05, 0.1) is 10.6 Å². The normalized spacial score (nSPS) is 10.9. The highest BCUT2D eigenvalue weighted by molar-refractivity contribution is 6.39. The topological polar surface area (TPSA) is 140 Å². The summed E-state index contributed by atoms with van der Waals surface area (Å²) in [7, 11) is 0. The number of amides is 2. The fraction of sp³-hybridized carbons (Fsp3) is 0.120. The third kappa shape index (κ3) is 6.57. The van der Waals surface area contributed by atoms with E-state index in [1.165, 1.54) is 36.4 Å². The maximum absolute atomic E-state index is 12.3. The molecule has 0 saturated heterocycles. The van der Waals surface area contributed by atoms with Crippen LogP contribution < -0.4 is 15.5 Å². The summed E-state index contributed by atoms with van der Waals surface area (Å²) >= 11 is 0. The first-order valence-electron chi connectivity index (χ1n) is 10.4. The number of hydrogen-bond donors (Lipinski definition) is 2. The van der Waals surface area contributed by atoms with Crippen LogP contribution in [0.5, 0.6) is 5.75 Å². The van der Waals surface area contributed by atoms with E-state index < -0.39 is 22.7 Å². The van der Waals surface area contributed by atoms with Crippen LogP contribution >= 0.6 is 0 Å². The molecule has 0 aliphatic rings. The highest BCUT2D eigenvalue weighted by Crippen LogP contribution is 2.21. The minimum Gasteiger partial charge on any atom is -0.423 e. The zero-order valence-corrected chi connectivity index (χ0v) is 19.2. The Kier molecular flexibility index (Phi) is 7.67. The Labute approximate surface area is 200 Å². The van der Waals surface area contributed by atoms with Crippen molar-refractivity contribution in [3.05, 3.63) is 99.1 Å². The van der Waals surface area contributed by atoms with Gasteiger partial charge in [-0.25, -0.2) is 10.2 Å². The number of benzene rings is 3. The number of ether oxygens (including phenoxy) is 1. The second-order valence-electron chi connectivity index (χ2n) is 7.66. The largest absolute Gasteiger partial charge is 0.423 e. The summed E-state index contributed by atoms with van der Waals surface area (Å²) in [6.45, 7) is 5.39. The fourth-order valence-corrected chi connectivity index (χ4v) is 3.22. The van der Waals surface area contributed by atoms with Crippen molar-refractivity contribution in [3.63, 3.8) is 0 Å². The van der Waals surface area contributed by atoms with Gasteiger partial charge in [0.15, 0.2) is 0 Å². The molecule has 0 spiro atoms. The third-order valence-electron chi connectivity index (χ3n) is 4.81. The first-order chi connectivity index (χ1) is 16.6. The molecule has 2 amide bonds. The molecule has 35 heavy (non-hydrogen) atoms. The first kappa shape index (κ1) is 24.8. The summed E-state index contributed by atoms with van der Waals surface area (Å²) in [5, 5.41) is 17.6. The number of hydrazone groups is 1. The molecule has 10 nitrogen and oxygen atoms in total. The predicted octanol–water partition coefficient (Wildman–Crippen LogP) is 3.91. The molecule has 0 unspecified atom stereocenters. The van der Waals surface area contributed by atoms with Crippen molar-refractivity contribution in [2.75, 3.05) is 5.32 Å². The van der Waals surface area contributed by atoms with Gasteiger partial charge in [0, 0.05) is 11.8 Å². The maximum Gasteiger partial charge on any atom is 0.350 e. The van der Waals surface area contributed by atoms with Crippen LogP contribution in [-0.2, 0) is 9.59 Å². The summed E-state index contributed by atoms with van der Waals surface area (Å²) in [6, 6.07) is 17.1. The van der Waals surface area contributed by atoms with E-state index in [0.29, 0.717) is 17.0 Å². The lowest BCUT2D eigenvalue weighted by Gasteiger charge is -2.08. The molecule has 0 radical (unpaired) electrons. The quantitative estimate of drug-likeness (QED) is 0.139. The number of nitro benzene ring substituents is 1. The number of nitrogens with one attached hydrogen (secondary N) is 2. The van der Waals surface area contributed by atoms with Crippen molar-refractivity contribution < 1.29 is 24.0 Å². The molecule has 3 rings (SSSR count). The Balaban J connectivity index is 1.61. The van der Waals surface area contributed by atoms with E-state index in [1.54, 1.807) is 31.2 Å². The zero-order valence-electron chi connectivity index (χ0n) is 19.2. The van der Waals surface area contributed by atoms with E-state index in [9.17, 15) is 24.5 Å². The average Bonchev–Trinajstić information content (AvgIpc) is 2.82. The number of hydrogen-bond acceptors (Lipinski definition) is 7. The molecule has 0 aromatic heterocycles. The van der Waals surface area contributed by atoms with Crippen molar-refractivity contribution >= 4 is 34.9 Å². The Morgan fingerprint density at radius 1 is 0.914 bits per heavy atom. The van der Waals surface area contributed by atoms with Crippen molar-refractivity contribution in [2.45, 2.75) is 20.8 Å². The summed E-state index contributed by atoms with van der Waals surface area (Å²) < 4.78 is 5.22. The Morgan fingerprint density at radius 3 is 2.17 bits per heavy atom. The molecular weight excluding hydrogens is 452 g/mol. The van der Waals surface area contributed by atoms with E-state index in [0.717, 1.165) is 11.1 Å². The number of para-hydroxylation sites is 1. The highest BCUT2D eigenvalue weighted by Gasteiger charge is 2.21. The van der Waals surface area contributed by atoms with Gasteiger partial charge < -0.3 is 10.1 Å².